The van der Waals surface area contributed by atoms with Gasteiger partial charge in [0.25, 0.3) is 0 Å². The number of pyridine rings is 1. The third-order valence-electron chi connectivity index (χ3n) is 4.63. The maximum absolute atomic E-state index is 4.55. The first-order valence-electron chi connectivity index (χ1n) is 7.82. The van der Waals surface area contributed by atoms with E-state index in [1.165, 1.54) is 36.6 Å². The van der Waals surface area contributed by atoms with Crippen molar-refractivity contribution in [3.8, 4) is 0 Å². The third kappa shape index (κ3) is 3.01. The van der Waals surface area contributed by atoms with E-state index in [-0.39, 0.29) is 0 Å². The Hall–Kier alpha value is -1.41. The van der Waals surface area contributed by atoms with Gasteiger partial charge in [-0.3, -0.25) is 4.98 Å². The lowest BCUT2D eigenvalue weighted by atomic mass is 9.99. The minimum atomic E-state index is 0.629. The molecule has 1 aromatic carbocycles. The van der Waals surface area contributed by atoms with Gasteiger partial charge < -0.3 is 5.32 Å². The van der Waals surface area contributed by atoms with Gasteiger partial charge >= 0.3 is 0 Å². The molecule has 1 aliphatic rings. The SMILES string of the molecule is Cc1ccc2cc(CN[C@H](C)C3CCCC3)ccc2n1. The van der Waals surface area contributed by atoms with E-state index in [4.69, 9.17) is 0 Å². The van der Waals surface area contributed by atoms with Gasteiger partial charge in [-0.05, 0) is 56.4 Å². The maximum Gasteiger partial charge on any atom is 0.0705 e. The van der Waals surface area contributed by atoms with Crippen molar-refractivity contribution in [2.45, 2.75) is 52.1 Å². The van der Waals surface area contributed by atoms with Gasteiger partial charge in [0.1, 0.15) is 0 Å². The van der Waals surface area contributed by atoms with Crippen LogP contribution in [0.3, 0.4) is 0 Å². The first kappa shape index (κ1) is 13.6. The van der Waals surface area contributed by atoms with Crippen LogP contribution in [0.1, 0.15) is 43.9 Å². The van der Waals surface area contributed by atoms with Crippen molar-refractivity contribution >= 4 is 10.9 Å². The molecule has 0 aliphatic heterocycles. The van der Waals surface area contributed by atoms with Crippen LogP contribution in [0.25, 0.3) is 10.9 Å². The molecule has 0 spiro atoms. The molecule has 1 N–H and O–H groups in total. The van der Waals surface area contributed by atoms with Gasteiger partial charge in [-0.1, -0.05) is 25.0 Å². The van der Waals surface area contributed by atoms with Crippen LogP contribution in [0.5, 0.6) is 0 Å². The zero-order valence-electron chi connectivity index (χ0n) is 12.5. The lowest BCUT2D eigenvalue weighted by molar-refractivity contribution is 0.380. The Balaban J connectivity index is 1.66. The molecule has 2 aromatic rings. The molecule has 3 rings (SSSR count). The van der Waals surface area contributed by atoms with Crippen LogP contribution in [0.2, 0.25) is 0 Å². The van der Waals surface area contributed by atoms with Crippen LogP contribution in [0, 0.1) is 12.8 Å². The maximum atomic E-state index is 4.55. The standard InChI is InChI=1S/C18H24N2/c1-13-7-9-17-11-15(8-10-18(17)20-13)12-19-14(2)16-5-3-4-6-16/h7-11,14,16,19H,3-6,12H2,1-2H3/t14-/m1/s1. The molecule has 1 atom stereocenters. The van der Waals surface area contributed by atoms with Gasteiger partial charge in [0, 0.05) is 23.7 Å². The topological polar surface area (TPSA) is 24.9 Å². The summed E-state index contributed by atoms with van der Waals surface area (Å²) in [7, 11) is 0. The number of rotatable bonds is 4. The van der Waals surface area contributed by atoms with Gasteiger partial charge in [-0.15, -0.1) is 0 Å². The monoisotopic (exact) mass is 268 g/mol. The average molecular weight is 268 g/mol. The Bertz CT molecular complexity index is 585. The van der Waals surface area contributed by atoms with Crippen LogP contribution in [0.15, 0.2) is 30.3 Å². The second-order valence-corrected chi connectivity index (χ2v) is 6.19. The normalized spacial score (nSPS) is 17.7. The van der Waals surface area contributed by atoms with Crippen LogP contribution >= 0.6 is 0 Å². The lowest BCUT2D eigenvalue weighted by Crippen LogP contribution is -2.31. The molecule has 0 amide bonds. The molecule has 0 radical (unpaired) electrons. The Morgan fingerprint density at radius 1 is 1.20 bits per heavy atom. The molecule has 1 heterocycles. The van der Waals surface area contributed by atoms with Gasteiger partial charge in [0.05, 0.1) is 5.52 Å². The second kappa shape index (κ2) is 5.92. The number of aryl methyl sites for hydroxylation is 1. The summed E-state index contributed by atoms with van der Waals surface area (Å²) in [4.78, 5) is 4.55. The average Bonchev–Trinajstić information content (AvgIpc) is 2.99. The highest BCUT2D eigenvalue weighted by atomic mass is 14.9. The van der Waals surface area contributed by atoms with Crippen molar-refractivity contribution in [2.75, 3.05) is 0 Å². The predicted octanol–water partition coefficient (Wildman–Crippen LogP) is 4.21. The predicted molar refractivity (Wildman–Crippen MR) is 84.7 cm³/mol. The zero-order chi connectivity index (χ0) is 13.9. The van der Waals surface area contributed by atoms with Crippen LogP contribution in [-0.4, -0.2) is 11.0 Å². The molecule has 1 aliphatic carbocycles. The highest BCUT2D eigenvalue weighted by Gasteiger charge is 2.20. The van der Waals surface area contributed by atoms with E-state index in [0.717, 1.165) is 23.7 Å². The molecule has 0 unspecified atom stereocenters. The Labute approximate surface area is 121 Å². The summed E-state index contributed by atoms with van der Waals surface area (Å²) in [5.41, 5.74) is 3.53. The van der Waals surface area contributed by atoms with E-state index >= 15 is 0 Å². The fourth-order valence-corrected chi connectivity index (χ4v) is 3.29. The molecule has 20 heavy (non-hydrogen) atoms. The van der Waals surface area contributed by atoms with E-state index in [9.17, 15) is 0 Å². The Kier molecular flexibility index (Phi) is 4.02. The summed E-state index contributed by atoms with van der Waals surface area (Å²) < 4.78 is 0. The van der Waals surface area contributed by atoms with Gasteiger partial charge in [0.15, 0.2) is 0 Å². The summed E-state index contributed by atoms with van der Waals surface area (Å²) in [6.07, 6.45) is 5.62. The smallest absolute Gasteiger partial charge is 0.0705 e. The van der Waals surface area contributed by atoms with Gasteiger partial charge in [-0.2, -0.15) is 0 Å². The molecule has 0 bridgehead atoms. The summed E-state index contributed by atoms with van der Waals surface area (Å²) in [5.74, 6) is 0.875. The van der Waals surface area contributed by atoms with Crippen molar-refractivity contribution in [3.05, 3.63) is 41.6 Å². The van der Waals surface area contributed by atoms with Gasteiger partial charge in [0.2, 0.25) is 0 Å². The quantitative estimate of drug-likeness (QED) is 0.898. The molecule has 1 saturated carbocycles. The highest BCUT2D eigenvalue weighted by Crippen LogP contribution is 2.27. The number of hydrogen-bond donors (Lipinski definition) is 1. The number of nitrogens with one attached hydrogen (secondary N) is 1. The van der Waals surface area contributed by atoms with Crippen molar-refractivity contribution in [2.24, 2.45) is 5.92 Å². The molecular weight excluding hydrogens is 244 g/mol. The van der Waals surface area contributed by atoms with Crippen molar-refractivity contribution < 1.29 is 0 Å². The first-order chi connectivity index (χ1) is 9.72. The number of hydrogen-bond acceptors (Lipinski definition) is 2. The van der Waals surface area contributed by atoms with E-state index in [0.29, 0.717) is 6.04 Å². The van der Waals surface area contributed by atoms with Crippen molar-refractivity contribution in [1.29, 1.82) is 0 Å². The van der Waals surface area contributed by atoms with Crippen molar-refractivity contribution in [1.82, 2.24) is 10.3 Å². The van der Waals surface area contributed by atoms with E-state index in [2.05, 4.69) is 47.6 Å². The van der Waals surface area contributed by atoms with Gasteiger partial charge in [-0.25, -0.2) is 0 Å². The summed E-state index contributed by atoms with van der Waals surface area (Å²) in [6.45, 7) is 5.33. The summed E-state index contributed by atoms with van der Waals surface area (Å²) >= 11 is 0. The number of nitrogens with zero attached hydrogens (tertiary/aromatic N) is 1. The zero-order valence-corrected chi connectivity index (χ0v) is 12.5. The number of benzene rings is 1. The molecular formula is C18H24N2. The fraction of sp³-hybridized carbons (Fsp3) is 0.500. The lowest BCUT2D eigenvalue weighted by Gasteiger charge is -2.20. The first-order valence-corrected chi connectivity index (χ1v) is 7.82. The molecule has 2 nitrogen and oxygen atoms in total. The minimum Gasteiger partial charge on any atom is -0.310 e. The Morgan fingerprint density at radius 2 is 2.00 bits per heavy atom. The van der Waals surface area contributed by atoms with E-state index in [1.54, 1.807) is 0 Å². The minimum absolute atomic E-state index is 0.629. The second-order valence-electron chi connectivity index (χ2n) is 6.19. The summed E-state index contributed by atoms with van der Waals surface area (Å²) in [6, 6.07) is 11.5. The third-order valence-corrected chi connectivity index (χ3v) is 4.63. The Morgan fingerprint density at radius 3 is 2.80 bits per heavy atom. The van der Waals surface area contributed by atoms with Crippen molar-refractivity contribution in [3.63, 3.8) is 0 Å². The molecule has 2 heteroatoms. The highest BCUT2D eigenvalue weighted by molar-refractivity contribution is 5.79. The number of fused-ring (bicyclic) bond motifs is 1. The largest absolute Gasteiger partial charge is 0.310 e. The molecule has 106 valence electrons. The van der Waals surface area contributed by atoms with Crippen LogP contribution in [0.4, 0.5) is 0 Å². The number of aromatic nitrogens is 1. The summed E-state index contributed by atoms with van der Waals surface area (Å²) in [5, 5.41) is 4.94. The van der Waals surface area contributed by atoms with E-state index in [1.807, 2.05) is 6.92 Å². The fourth-order valence-electron chi connectivity index (χ4n) is 3.29. The van der Waals surface area contributed by atoms with Crippen LogP contribution < -0.4 is 5.32 Å². The molecule has 1 aromatic heterocycles. The van der Waals surface area contributed by atoms with Crippen LogP contribution in [-0.2, 0) is 6.54 Å². The molecule has 0 saturated heterocycles. The van der Waals surface area contributed by atoms with E-state index < -0.39 is 0 Å². The molecule has 1 fully saturated rings.